The molecule has 0 aromatic rings. The molecule has 0 amide bonds. The summed E-state index contributed by atoms with van der Waals surface area (Å²) in [6.07, 6.45) is 6.40. The molecule has 0 atom stereocenters. The van der Waals surface area contributed by atoms with Crippen LogP contribution in [0.5, 0.6) is 0 Å². The Morgan fingerprint density at radius 3 is 2.08 bits per heavy atom. The lowest BCUT2D eigenvalue weighted by Gasteiger charge is -2.39. The minimum absolute atomic E-state index is 0.220. The molecule has 1 aliphatic carbocycles. The average molecular weight is 182 g/mol. The lowest BCUT2D eigenvalue weighted by molar-refractivity contribution is -0.186. The molecule has 2 nitrogen and oxygen atoms in total. The van der Waals surface area contributed by atoms with Gasteiger partial charge in [0.1, 0.15) is 0 Å². The van der Waals surface area contributed by atoms with Crippen molar-refractivity contribution >= 4 is 0 Å². The topological polar surface area (TPSA) is 18.5 Å². The van der Waals surface area contributed by atoms with E-state index in [4.69, 9.17) is 9.47 Å². The van der Waals surface area contributed by atoms with Crippen molar-refractivity contribution in [1.82, 2.24) is 0 Å². The fraction of sp³-hybridized carbons (Fsp3) is 0.818. The molecule has 0 bridgehead atoms. The predicted molar refractivity (Wildman–Crippen MR) is 51.4 cm³/mol. The normalized spacial score (nSPS) is 30.5. The van der Waals surface area contributed by atoms with Crippen LogP contribution in [0.3, 0.4) is 0 Å². The second kappa shape index (κ2) is 3.10. The summed E-state index contributed by atoms with van der Waals surface area (Å²) in [7, 11) is 0. The highest BCUT2D eigenvalue weighted by Gasteiger charge is 2.43. The van der Waals surface area contributed by atoms with Crippen LogP contribution in [0.15, 0.2) is 12.7 Å². The summed E-state index contributed by atoms with van der Waals surface area (Å²) in [5, 5.41) is 0. The van der Waals surface area contributed by atoms with Crippen LogP contribution in [-0.4, -0.2) is 19.0 Å². The van der Waals surface area contributed by atoms with Gasteiger partial charge in [0.05, 0.1) is 13.2 Å². The molecule has 2 rings (SSSR count). The summed E-state index contributed by atoms with van der Waals surface area (Å²) in [6, 6.07) is 0. The molecule has 0 aromatic carbocycles. The molecule has 0 unspecified atom stereocenters. The Labute approximate surface area is 79.9 Å². The number of ether oxygens (including phenoxy) is 2. The average Bonchev–Trinajstić information content (AvgIpc) is 2.61. The van der Waals surface area contributed by atoms with E-state index in [9.17, 15) is 0 Å². The Morgan fingerprint density at radius 2 is 1.62 bits per heavy atom. The standard InChI is InChI=1S/C11H18O2/c1-3-10(2)4-6-11(7-5-10)12-8-9-13-11/h3H,1,4-9H2,2H3. The van der Waals surface area contributed by atoms with Crippen molar-refractivity contribution in [3.63, 3.8) is 0 Å². The fourth-order valence-electron chi connectivity index (χ4n) is 2.19. The molecule has 13 heavy (non-hydrogen) atoms. The zero-order valence-corrected chi connectivity index (χ0v) is 8.34. The highest BCUT2D eigenvalue weighted by molar-refractivity contribution is 4.97. The molecule has 1 saturated heterocycles. The van der Waals surface area contributed by atoms with Crippen molar-refractivity contribution in [2.24, 2.45) is 5.41 Å². The van der Waals surface area contributed by atoms with E-state index in [-0.39, 0.29) is 5.79 Å². The molecule has 2 heteroatoms. The zero-order valence-electron chi connectivity index (χ0n) is 8.34. The van der Waals surface area contributed by atoms with Gasteiger partial charge in [-0.05, 0) is 18.3 Å². The number of allylic oxidation sites excluding steroid dienone is 1. The molecule has 1 heterocycles. The van der Waals surface area contributed by atoms with Crippen molar-refractivity contribution in [3.8, 4) is 0 Å². The first-order valence-electron chi connectivity index (χ1n) is 5.10. The SMILES string of the molecule is C=CC1(C)CCC2(CC1)OCCO2. The van der Waals surface area contributed by atoms with E-state index in [1.165, 1.54) is 0 Å². The molecular weight excluding hydrogens is 164 g/mol. The summed E-state index contributed by atoms with van der Waals surface area (Å²) >= 11 is 0. The first-order chi connectivity index (χ1) is 6.18. The van der Waals surface area contributed by atoms with Gasteiger partial charge in [-0.15, -0.1) is 6.58 Å². The van der Waals surface area contributed by atoms with Gasteiger partial charge in [-0.2, -0.15) is 0 Å². The van der Waals surface area contributed by atoms with Crippen LogP contribution in [0.1, 0.15) is 32.6 Å². The van der Waals surface area contributed by atoms with E-state index in [1.54, 1.807) is 0 Å². The van der Waals surface area contributed by atoms with Crippen molar-refractivity contribution in [2.75, 3.05) is 13.2 Å². The third-order valence-corrected chi connectivity index (χ3v) is 3.46. The zero-order chi connectivity index (χ0) is 9.36. The fourth-order valence-corrected chi connectivity index (χ4v) is 2.19. The minimum Gasteiger partial charge on any atom is -0.348 e. The molecule has 1 aliphatic heterocycles. The quantitative estimate of drug-likeness (QED) is 0.580. The summed E-state index contributed by atoms with van der Waals surface area (Å²) < 4.78 is 11.3. The van der Waals surface area contributed by atoms with Crippen molar-refractivity contribution < 1.29 is 9.47 Å². The van der Waals surface area contributed by atoms with E-state index < -0.39 is 0 Å². The van der Waals surface area contributed by atoms with E-state index in [2.05, 4.69) is 19.6 Å². The Morgan fingerprint density at radius 1 is 1.08 bits per heavy atom. The van der Waals surface area contributed by atoms with E-state index in [0.29, 0.717) is 5.41 Å². The van der Waals surface area contributed by atoms with Gasteiger partial charge in [-0.1, -0.05) is 13.0 Å². The second-order valence-corrected chi connectivity index (χ2v) is 4.47. The largest absolute Gasteiger partial charge is 0.348 e. The molecule has 1 spiro atoms. The lowest BCUT2D eigenvalue weighted by atomic mass is 9.73. The Kier molecular flexibility index (Phi) is 2.20. The van der Waals surface area contributed by atoms with Gasteiger partial charge in [0, 0.05) is 12.8 Å². The molecule has 0 N–H and O–H groups in total. The van der Waals surface area contributed by atoms with E-state index >= 15 is 0 Å². The number of hydrogen-bond acceptors (Lipinski definition) is 2. The van der Waals surface area contributed by atoms with Gasteiger partial charge in [-0.3, -0.25) is 0 Å². The van der Waals surface area contributed by atoms with Gasteiger partial charge in [-0.25, -0.2) is 0 Å². The first-order valence-corrected chi connectivity index (χ1v) is 5.10. The maximum absolute atomic E-state index is 5.66. The third-order valence-electron chi connectivity index (χ3n) is 3.46. The molecule has 0 aromatic heterocycles. The second-order valence-electron chi connectivity index (χ2n) is 4.47. The van der Waals surface area contributed by atoms with Gasteiger partial charge >= 0.3 is 0 Å². The van der Waals surface area contributed by atoms with Crippen LogP contribution >= 0.6 is 0 Å². The smallest absolute Gasteiger partial charge is 0.168 e. The van der Waals surface area contributed by atoms with Crippen LogP contribution < -0.4 is 0 Å². The molecule has 0 radical (unpaired) electrons. The highest BCUT2D eigenvalue weighted by atomic mass is 16.7. The van der Waals surface area contributed by atoms with Crippen LogP contribution in [0.4, 0.5) is 0 Å². The Bertz CT molecular complexity index is 194. The maximum Gasteiger partial charge on any atom is 0.168 e. The third kappa shape index (κ3) is 1.65. The van der Waals surface area contributed by atoms with Gasteiger partial charge in [0.2, 0.25) is 0 Å². The van der Waals surface area contributed by atoms with Crippen LogP contribution in [-0.2, 0) is 9.47 Å². The van der Waals surface area contributed by atoms with E-state index in [1.807, 2.05) is 0 Å². The molecule has 2 fully saturated rings. The Balaban J connectivity index is 1.99. The maximum atomic E-state index is 5.66. The van der Waals surface area contributed by atoms with Gasteiger partial charge in [0.15, 0.2) is 5.79 Å². The summed E-state index contributed by atoms with van der Waals surface area (Å²) in [5.41, 5.74) is 0.306. The van der Waals surface area contributed by atoms with Crippen LogP contribution in [0, 0.1) is 5.41 Å². The number of rotatable bonds is 1. The lowest BCUT2D eigenvalue weighted by Crippen LogP contribution is -2.38. The van der Waals surface area contributed by atoms with Crippen molar-refractivity contribution in [1.29, 1.82) is 0 Å². The highest BCUT2D eigenvalue weighted by Crippen LogP contribution is 2.44. The Hall–Kier alpha value is -0.340. The van der Waals surface area contributed by atoms with Crippen molar-refractivity contribution in [3.05, 3.63) is 12.7 Å². The predicted octanol–water partition coefficient (Wildman–Crippen LogP) is 2.50. The van der Waals surface area contributed by atoms with Crippen LogP contribution in [0.2, 0.25) is 0 Å². The van der Waals surface area contributed by atoms with E-state index in [0.717, 1.165) is 38.9 Å². The van der Waals surface area contributed by atoms with Crippen molar-refractivity contribution in [2.45, 2.75) is 38.4 Å². The molecule has 74 valence electrons. The van der Waals surface area contributed by atoms with Gasteiger partial charge < -0.3 is 9.47 Å². The first kappa shape index (κ1) is 9.22. The molecule has 1 saturated carbocycles. The van der Waals surface area contributed by atoms with Gasteiger partial charge in [0.25, 0.3) is 0 Å². The molecular formula is C11H18O2. The molecule has 2 aliphatic rings. The number of hydrogen-bond donors (Lipinski definition) is 0. The minimum atomic E-state index is -0.220. The summed E-state index contributed by atoms with van der Waals surface area (Å²) in [6.45, 7) is 7.69. The summed E-state index contributed by atoms with van der Waals surface area (Å²) in [4.78, 5) is 0. The summed E-state index contributed by atoms with van der Waals surface area (Å²) in [5.74, 6) is -0.220. The van der Waals surface area contributed by atoms with Crippen LogP contribution in [0.25, 0.3) is 0 Å². The monoisotopic (exact) mass is 182 g/mol.